The highest BCUT2D eigenvalue weighted by atomic mass is 16.4. The third kappa shape index (κ3) is 2.91. The maximum Gasteiger partial charge on any atom is 0.311 e. The molecule has 0 radical (unpaired) electrons. The number of carbonyl (C=O) groups excluding carboxylic acids is 1. The average Bonchev–Trinajstić information content (AvgIpc) is 2.45. The van der Waals surface area contributed by atoms with E-state index in [1.165, 1.54) is 0 Å². The topological polar surface area (TPSA) is 83.6 Å². The molecule has 2 atom stereocenters. The van der Waals surface area contributed by atoms with E-state index in [4.69, 9.17) is 5.73 Å². The molecule has 1 amide bonds. The van der Waals surface area contributed by atoms with Crippen LogP contribution in [0.5, 0.6) is 0 Å². The molecule has 5 nitrogen and oxygen atoms in total. The third-order valence-corrected chi connectivity index (χ3v) is 4.74. The van der Waals surface area contributed by atoms with Crippen molar-refractivity contribution in [3.63, 3.8) is 0 Å². The zero-order valence-corrected chi connectivity index (χ0v) is 12.2. The number of rotatable bonds is 5. The fourth-order valence-electron chi connectivity index (χ4n) is 2.68. The summed E-state index contributed by atoms with van der Waals surface area (Å²) in [6, 6.07) is 0. The Morgan fingerprint density at radius 2 is 2.05 bits per heavy atom. The minimum Gasteiger partial charge on any atom is -0.481 e. The van der Waals surface area contributed by atoms with Gasteiger partial charge < -0.3 is 15.7 Å². The van der Waals surface area contributed by atoms with Crippen LogP contribution < -0.4 is 5.73 Å². The summed E-state index contributed by atoms with van der Waals surface area (Å²) in [5.41, 5.74) is 4.37. The fourth-order valence-corrected chi connectivity index (χ4v) is 2.68. The van der Waals surface area contributed by atoms with E-state index in [9.17, 15) is 14.7 Å². The van der Waals surface area contributed by atoms with E-state index < -0.39 is 16.8 Å². The summed E-state index contributed by atoms with van der Waals surface area (Å²) in [6.45, 7) is 6.93. The van der Waals surface area contributed by atoms with Gasteiger partial charge in [-0.2, -0.15) is 0 Å². The number of nitrogens with two attached hydrogens (primary N) is 1. The second-order valence-corrected chi connectivity index (χ2v) is 5.89. The Labute approximate surface area is 115 Å². The second-order valence-electron chi connectivity index (χ2n) is 5.89. The first-order valence-electron chi connectivity index (χ1n) is 7.08. The molecule has 1 saturated heterocycles. The van der Waals surface area contributed by atoms with E-state index in [0.717, 1.165) is 6.42 Å². The highest BCUT2D eigenvalue weighted by molar-refractivity contribution is 5.84. The Balaban J connectivity index is 2.91. The van der Waals surface area contributed by atoms with Gasteiger partial charge in [0.15, 0.2) is 0 Å². The van der Waals surface area contributed by atoms with E-state index in [0.29, 0.717) is 38.9 Å². The molecule has 0 aliphatic carbocycles. The van der Waals surface area contributed by atoms with Crippen molar-refractivity contribution in [1.82, 2.24) is 4.90 Å². The van der Waals surface area contributed by atoms with E-state index in [1.807, 2.05) is 20.8 Å². The van der Waals surface area contributed by atoms with Crippen molar-refractivity contribution in [3.8, 4) is 0 Å². The lowest BCUT2D eigenvalue weighted by molar-refractivity contribution is -0.157. The minimum atomic E-state index is -0.793. The molecule has 0 aromatic rings. The number of likely N-dealkylation sites (tertiary alicyclic amines) is 1. The molecule has 0 saturated carbocycles. The molecular formula is C14H26N2O3. The maximum absolute atomic E-state index is 12.6. The molecule has 1 aliphatic rings. The molecule has 0 aromatic carbocycles. The fraction of sp³-hybridized carbons (Fsp3) is 0.857. The lowest BCUT2D eigenvalue weighted by Crippen LogP contribution is -2.54. The summed E-state index contributed by atoms with van der Waals surface area (Å²) in [5, 5.41) is 9.44. The van der Waals surface area contributed by atoms with Crippen LogP contribution in [0.25, 0.3) is 0 Å². The van der Waals surface area contributed by atoms with Crippen molar-refractivity contribution < 1.29 is 14.7 Å². The van der Waals surface area contributed by atoms with Gasteiger partial charge in [0, 0.05) is 19.6 Å². The molecule has 110 valence electrons. The van der Waals surface area contributed by atoms with Gasteiger partial charge in [0.2, 0.25) is 5.91 Å². The summed E-state index contributed by atoms with van der Waals surface area (Å²) in [7, 11) is 0. The number of carboxylic acid groups (broad SMARTS) is 1. The number of carbonyl (C=O) groups is 2. The maximum atomic E-state index is 12.6. The highest BCUT2D eigenvalue weighted by Gasteiger charge is 2.44. The van der Waals surface area contributed by atoms with Crippen LogP contribution in [0.1, 0.15) is 46.5 Å². The molecule has 0 spiro atoms. The van der Waals surface area contributed by atoms with Gasteiger partial charge in [0.25, 0.3) is 0 Å². The summed E-state index contributed by atoms with van der Waals surface area (Å²) in [6.07, 6.45) is 2.62. The van der Waals surface area contributed by atoms with Gasteiger partial charge >= 0.3 is 5.97 Å². The Kier molecular flexibility index (Phi) is 4.96. The summed E-state index contributed by atoms with van der Waals surface area (Å²) >= 11 is 0. The van der Waals surface area contributed by atoms with E-state index in [2.05, 4.69) is 0 Å². The van der Waals surface area contributed by atoms with Crippen molar-refractivity contribution in [2.24, 2.45) is 16.6 Å². The number of hydrogen-bond acceptors (Lipinski definition) is 3. The van der Waals surface area contributed by atoms with E-state index >= 15 is 0 Å². The lowest BCUT2D eigenvalue weighted by atomic mass is 9.76. The van der Waals surface area contributed by atoms with E-state index in [1.54, 1.807) is 4.90 Å². The first-order valence-corrected chi connectivity index (χ1v) is 7.08. The second kappa shape index (κ2) is 5.90. The molecule has 1 aliphatic heterocycles. The predicted molar refractivity (Wildman–Crippen MR) is 73.6 cm³/mol. The zero-order valence-electron chi connectivity index (χ0n) is 12.2. The number of amides is 1. The summed E-state index contributed by atoms with van der Waals surface area (Å²) in [4.78, 5) is 25.8. The molecule has 5 heteroatoms. The van der Waals surface area contributed by atoms with Gasteiger partial charge in [0.05, 0.1) is 10.8 Å². The standard InChI is InChI=1S/C14H26N2O3/c1-4-13(3,9-15)11(17)16-8-6-7-14(5-2,10-16)12(18)19/h4-10,15H2,1-3H3,(H,18,19). The van der Waals surface area contributed by atoms with Crippen molar-refractivity contribution in [2.45, 2.75) is 46.5 Å². The molecule has 19 heavy (non-hydrogen) atoms. The average molecular weight is 270 g/mol. The summed E-state index contributed by atoms with van der Waals surface area (Å²) < 4.78 is 0. The molecule has 1 rings (SSSR count). The minimum absolute atomic E-state index is 0.00345. The van der Waals surface area contributed by atoms with Crippen molar-refractivity contribution in [3.05, 3.63) is 0 Å². The van der Waals surface area contributed by atoms with Gasteiger partial charge in [-0.05, 0) is 32.6 Å². The van der Waals surface area contributed by atoms with Gasteiger partial charge in [-0.3, -0.25) is 9.59 Å². The quantitative estimate of drug-likeness (QED) is 0.792. The molecule has 3 N–H and O–H groups in total. The normalized spacial score (nSPS) is 26.8. The Morgan fingerprint density at radius 3 is 2.47 bits per heavy atom. The first-order chi connectivity index (χ1) is 8.85. The van der Waals surface area contributed by atoms with Crippen LogP contribution in [0, 0.1) is 10.8 Å². The Bertz CT molecular complexity index is 353. The highest BCUT2D eigenvalue weighted by Crippen LogP contribution is 2.35. The predicted octanol–water partition coefficient (Wildman–Crippen LogP) is 1.46. The van der Waals surface area contributed by atoms with Gasteiger partial charge in [-0.15, -0.1) is 0 Å². The molecule has 2 unspecified atom stereocenters. The van der Waals surface area contributed by atoms with Gasteiger partial charge in [-0.25, -0.2) is 0 Å². The van der Waals surface area contributed by atoms with Crippen LogP contribution in [0.4, 0.5) is 0 Å². The third-order valence-electron chi connectivity index (χ3n) is 4.74. The molecule has 1 heterocycles. The molecule has 1 fully saturated rings. The monoisotopic (exact) mass is 270 g/mol. The van der Waals surface area contributed by atoms with Gasteiger partial charge in [0.1, 0.15) is 0 Å². The van der Waals surface area contributed by atoms with Crippen LogP contribution in [0.2, 0.25) is 0 Å². The van der Waals surface area contributed by atoms with Gasteiger partial charge in [-0.1, -0.05) is 13.8 Å². The summed E-state index contributed by atoms with van der Waals surface area (Å²) in [5.74, 6) is -0.797. The Hall–Kier alpha value is -1.10. The van der Waals surface area contributed by atoms with Crippen molar-refractivity contribution in [2.75, 3.05) is 19.6 Å². The largest absolute Gasteiger partial charge is 0.481 e. The Morgan fingerprint density at radius 1 is 1.42 bits per heavy atom. The number of aliphatic carboxylic acids is 1. The smallest absolute Gasteiger partial charge is 0.311 e. The van der Waals surface area contributed by atoms with Crippen LogP contribution in [0.3, 0.4) is 0 Å². The number of piperidine rings is 1. The van der Waals surface area contributed by atoms with E-state index in [-0.39, 0.29) is 5.91 Å². The number of carboxylic acids is 1. The van der Waals surface area contributed by atoms with Crippen LogP contribution in [-0.4, -0.2) is 41.5 Å². The van der Waals surface area contributed by atoms with Crippen LogP contribution >= 0.6 is 0 Å². The first kappa shape index (κ1) is 16.0. The number of hydrogen-bond donors (Lipinski definition) is 2. The van der Waals surface area contributed by atoms with Crippen molar-refractivity contribution in [1.29, 1.82) is 0 Å². The van der Waals surface area contributed by atoms with Crippen LogP contribution in [-0.2, 0) is 9.59 Å². The lowest BCUT2D eigenvalue weighted by Gasteiger charge is -2.42. The number of nitrogens with zero attached hydrogens (tertiary/aromatic N) is 1. The molecular weight excluding hydrogens is 244 g/mol. The van der Waals surface area contributed by atoms with Crippen molar-refractivity contribution >= 4 is 11.9 Å². The zero-order chi connectivity index (χ0) is 14.7. The molecule has 0 aromatic heterocycles. The van der Waals surface area contributed by atoms with Crippen LogP contribution in [0.15, 0.2) is 0 Å². The molecule has 0 bridgehead atoms. The SMILES string of the molecule is CCC(C)(CN)C(=O)N1CCCC(CC)(C(=O)O)C1.